The van der Waals surface area contributed by atoms with E-state index in [4.69, 9.17) is 0 Å². The van der Waals surface area contributed by atoms with Crippen molar-refractivity contribution in [1.82, 2.24) is 20.4 Å². The number of amides is 4. The first-order valence-corrected chi connectivity index (χ1v) is 11.4. The van der Waals surface area contributed by atoms with Crippen LogP contribution in [0.25, 0.3) is 0 Å². The summed E-state index contributed by atoms with van der Waals surface area (Å²) in [4.78, 5) is 55.0. The molecule has 0 bridgehead atoms. The van der Waals surface area contributed by atoms with Crippen LogP contribution < -0.4 is 10.6 Å². The van der Waals surface area contributed by atoms with Crippen LogP contribution in [-0.4, -0.2) is 70.7 Å². The number of hydrogen-bond acceptors (Lipinski definition) is 4. The lowest BCUT2D eigenvalue weighted by atomic mass is 10.1. The Kier molecular flexibility index (Phi) is 5.35. The molecule has 8 nitrogen and oxygen atoms in total. The van der Waals surface area contributed by atoms with E-state index < -0.39 is 29.8 Å². The molecule has 4 amide bonds. The zero-order valence-corrected chi connectivity index (χ0v) is 17.8. The quantitative estimate of drug-likeness (QED) is 0.724. The van der Waals surface area contributed by atoms with Crippen molar-refractivity contribution in [2.45, 2.75) is 62.7 Å². The van der Waals surface area contributed by atoms with E-state index in [0.29, 0.717) is 19.4 Å². The minimum atomic E-state index is -0.830. The van der Waals surface area contributed by atoms with E-state index in [1.807, 2.05) is 0 Å². The lowest BCUT2D eigenvalue weighted by molar-refractivity contribution is -0.138. The molecule has 32 heavy (non-hydrogen) atoms. The maximum Gasteiger partial charge on any atom is 0.254 e. The number of hydrogen-bond donors (Lipinski definition) is 2. The van der Waals surface area contributed by atoms with Gasteiger partial charge in [-0.05, 0) is 43.9 Å². The van der Waals surface area contributed by atoms with Crippen LogP contribution in [0.1, 0.15) is 48.9 Å². The average molecular weight is 442 g/mol. The molecular weight excluding hydrogens is 415 g/mol. The van der Waals surface area contributed by atoms with Crippen LogP contribution in [0, 0.1) is 11.7 Å². The van der Waals surface area contributed by atoms with Gasteiger partial charge < -0.3 is 20.4 Å². The first kappa shape index (κ1) is 20.9. The molecule has 2 N–H and O–H groups in total. The molecule has 0 spiro atoms. The SMILES string of the molecule is O=C(N[C@H]1C[C@@H]2C(=O)N[C@H]3CCN(C(=O)c4cccc(F)c4)[C@@H]3C(=O)N2C1)C1CCCC1. The number of carbonyl (C=O) groups is 4. The number of likely N-dealkylation sites (tertiary alicyclic amines) is 1. The summed E-state index contributed by atoms with van der Waals surface area (Å²) in [5.41, 5.74) is 0.175. The van der Waals surface area contributed by atoms with Crippen LogP contribution in [0.15, 0.2) is 24.3 Å². The molecule has 0 radical (unpaired) electrons. The smallest absolute Gasteiger partial charge is 0.254 e. The summed E-state index contributed by atoms with van der Waals surface area (Å²) in [6.45, 7) is 0.553. The maximum absolute atomic E-state index is 13.6. The van der Waals surface area contributed by atoms with Crippen molar-refractivity contribution in [3.63, 3.8) is 0 Å². The van der Waals surface area contributed by atoms with Crippen molar-refractivity contribution in [1.29, 1.82) is 0 Å². The second-order valence-electron chi connectivity index (χ2n) is 9.29. The highest BCUT2D eigenvalue weighted by Crippen LogP contribution is 2.31. The van der Waals surface area contributed by atoms with Crippen LogP contribution >= 0.6 is 0 Å². The monoisotopic (exact) mass is 442 g/mol. The highest BCUT2D eigenvalue weighted by Gasteiger charge is 2.52. The predicted molar refractivity (Wildman–Crippen MR) is 112 cm³/mol. The van der Waals surface area contributed by atoms with Gasteiger partial charge in [0.25, 0.3) is 5.91 Å². The summed E-state index contributed by atoms with van der Waals surface area (Å²) >= 11 is 0. The van der Waals surface area contributed by atoms with Crippen LogP contribution in [0.5, 0.6) is 0 Å². The number of nitrogens with zero attached hydrogens (tertiary/aromatic N) is 2. The van der Waals surface area contributed by atoms with E-state index in [9.17, 15) is 23.6 Å². The Morgan fingerprint density at radius 3 is 2.66 bits per heavy atom. The zero-order chi connectivity index (χ0) is 22.4. The normalized spacial score (nSPS) is 30.0. The van der Waals surface area contributed by atoms with Gasteiger partial charge in [-0.1, -0.05) is 18.9 Å². The summed E-state index contributed by atoms with van der Waals surface area (Å²) in [6.07, 6.45) is 4.70. The zero-order valence-electron chi connectivity index (χ0n) is 17.8. The molecule has 9 heteroatoms. The van der Waals surface area contributed by atoms with Gasteiger partial charge in [-0.2, -0.15) is 0 Å². The Morgan fingerprint density at radius 2 is 1.91 bits per heavy atom. The summed E-state index contributed by atoms with van der Waals surface area (Å²) in [5, 5.41) is 5.97. The lowest BCUT2D eigenvalue weighted by Crippen LogP contribution is -2.52. The van der Waals surface area contributed by atoms with Crippen LogP contribution in [0.3, 0.4) is 0 Å². The third kappa shape index (κ3) is 3.63. The Balaban J connectivity index is 1.33. The van der Waals surface area contributed by atoms with Crippen LogP contribution in [-0.2, 0) is 14.4 Å². The Morgan fingerprint density at radius 1 is 1.12 bits per heavy atom. The molecule has 4 fully saturated rings. The van der Waals surface area contributed by atoms with Gasteiger partial charge in [-0.25, -0.2) is 4.39 Å². The summed E-state index contributed by atoms with van der Waals surface area (Å²) in [7, 11) is 0. The van der Waals surface area contributed by atoms with Gasteiger partial charge in [0.05, 0.1) is 6.04 Å². The molecule has 0 aromatic heterocycles. The molecule has 1 aliphatic carbocycles. The Labute approximate surface area is 185 Å². The molecule has 3 saturated heterocycles. The van der Waals surface area contributed by atoms with Gasteiger partial charge in [-0.15, -0.1) is 0 Å². The average Bonchev–Trinajstić information content (AvgIpc) is 3.51. The van der Waals surface area contributed by atoms with E-state index in [-0.39, 0.29) is 41.8 Å². The largest absolute Gasteiger partial charge is 0.351 e. The summed E-state index contributed by atoms with van der Waals surface area (Å²) in [6, 6.07) is 3.15. The van der Waals surface area contributed by atoms with Crippen LogP contribution in [0.4, 0.5) is 4.39 Å². The Hall–Kier alpha value is -2.97. The molecule has 1 aromatic carbocycles. The van der Waals surface area contributed by atoms with Gasteiger partial charge in [0, 0.05) is 30.6 Å². The number of fused-ring (bicyclic) bond motifs is 2. The van der Waals surface area contributed by atoms with Crippen molar-refractivity contribution < 1.29 is 23.6 Å². The topological polar surface area (TPSA) is 98.8 Å². The number of rotatable bonds is 3. The fraction of sp³-hybridized carbons (Fsp3) is 0.565. The molecule has 5 rings (SSSR count). The molecule has 1 saturated carbocycles. The number of benzene rings is 1. The van der Waals surface area contributed by atoms with E-state index in [0.717, 1.165) is 31.7 Å². The highest BCUT2D eigenvalue weighted by atomic mass is 19.1. The fourth-order valence-electron chi connectivity index (χ4n) is 5.65. The number of nitrogens with one attached hydrogen (secondary N) is 2. The summed E-state index contributed by atoms with van der Waals surface area (Å²) in [5.74, 6) is -1.48. The second-order valence-corrected chi connectivity index (χ2v) is 9.29. The molecular formula is C23H27FN4O4. The van der Waals surface area contributed by atoms with Gasteiger partial charge in [-0.3, -0.25) is 19.2 Å². The van der Waals surface area contributed by atoms with E-state index in [1.165, 1.54) is 28.0 Å². The highest BCUT2D eigenvalue weighted by molar-refractivity contribution is 6.00. The molecule has 0 unspecified atom stereocenters. The van der Waals surface area contributed by atoms with Crippen molar-refractivity contribution in [3.8, 4) is 0 Å². The van der Waals surface area contributed by atoms with Crippen LogP contribution in [0.2, 0.25) is 0 Å². The first-order chi connectivity index (χ1) is 15.4. The molecule has 170 valence electrons. The second kappa shape index (κ2) is 8.18. The van der Waals surface area contributed by atoms with E-state index >= 15 is 0 Å². The first-order valence-electron chi connectivity index (χ1n) is 11.4. The molecule has 3 aliphatic heterocycles. The Bertz CT molecular complexity index is 963. The third-order valence-corrected chi connectivity index (χ3v) is 7.27. The van der Waals surface area contributed by atoms with E-state index in [1.54, 1.807) is 0 Å². The van der Waals surface area contributed by atoms with Crippen molar-refractivity contribution in [2.75, 3.05) is 13.1 Å². The minimum absolute atomic E-state index is 0.000307. The molecule has 1 aromatic rings. The van der Waals surface area contributed by atoms with Crippen molar-refractivity contribution in [3.05, 3.63) is 35.6 Å². The molecule has 4 aliphatic rings. The van der Waals surface area contributed by atoms with E-state index in [2.05, 4.69) is 10.6 Å². The van der Waals surface area contributed by atoms with Gasteiger partial charge in [0.15, 0.2) is 0 Å². The standard InChI is InChI=1S/C23H27FN4O4/c24-15-7-3-6-14(10-15)22(31)27-9-8-17-19(27)23(32)28-12-16(11-18(28)21(30)26-17)25-20(29)13-4-1-2-5-13/h3,6-7,10,13,16-19H,1-2,4-5,8-9,11-12H2,(H,25,29)(H,26,30)/t16-,17-,18+,19-/m0/s1. The molecule has 3 heterocycles. The maximum atomic E-state index is 13.6. The van der Waals surface area contributed by atoms with Gasteiger partial charge in [0.2, 0.25) is 17.7 Å². The summed E-state index contributed by atoms with van der Waals surface area (Å²) < 4.78 is 13.6. The van der Waals surface area contributed by atoms with Crippen molar-refractivity contribution in [2.24, 2.45) is 5.92 Å². The van der Waals surface area contributed by atoms with Gasteiger partial charge in [0.1, 0.15) is 17.9 Å². The fourth-order valence-corrected chi connectivity index (χ4v) is 5.65. The predicted octanol–water partition coefficient (Wildman–Crippen LogP) is 0.815. The van der Waals surface area contributed by atoms with Gasteiger partial charge >= 0.3 is 0 Å². The minimum Gasteiger partial charge on any atom is -0.351 e. The molecule has 4 atom stereocenters. The number of halogens is 1. The number of carbonyl (C=O) groups excluding carboxylic acids is 4. The van der Waals surface area contributed by atoms with Crippen molar-refractivity contribution >= 4 is 23.6 Å². The third-order valence-electron chi connectivity index (χ3n) is 7.27. The lowest BCUT2D eigenvalue weighted by Gasteiger charge is -2.29.